The van der Waals surface area contributed by atoms with Crippen molar-refractivity contribution in [3.05, 3.63) is 94.2 Å². The van der Waals surface area contributed by atoms with Crippen LogP contribution in [0.1, 0.15) is 27.8 Å². The first kappa shape index (κ1) is 21.4. The summed E-state index contributed by atoms with van der Waals surface area (Å²) >= 11 is 0. The molecule has 3 aromatic carbocycles. The number of rotatable bonds is 5. The van der Waals surface area contributed by atoms with Crippen molar-refractivity contribution in [1.82, 2.24) is 0 Å². The number of amides is 2. The van der Waals surface area contributed by atoms with Gasteiger partial charge in [-0.3, -0.25) is 9.59 Å². The van der Waals surface area contributed by atoms with E-state index in [-0.39, 0.29) is 17.5 Å². The molecular formula is C27H26N2O3. The molecule has 1 heterocycles. The number of nitrogens with one attached hydrogen (secondary N) is 1. The summed E-state index contributed by atoms with van der Waals surface area (Å²) in [5, 5.41) is 3.29. The highest BCUT2D eigenvalue weighted by Crippen LogP contribution is 2.36. The Morgan fingerprint density at radius 1 is 0.750 bits per heavy atom. The number of carbonyl (C=O) groups is 2. The van der Waals surface area contributed by atoms with Crippen molar-refractivity contribution in [2.24, 2.45) is 0 Å². The number of carbonyl (C=O) groups excluding carboxylic acids is 2. The van der Waals surface area contributed by atoms with E-state index in [1.807, 2.05) is 64.1 Å². The van der Waals surface area contributed by atoms with Crippen molar-refractivity contribution in [3.8, 4) is 5.75 Å². The molecule has 0 fully saturated rings. The molecule has 0 spiro atoms. The second-order valence-corrected chi connectivity index (χ2v) is 8.16. The van der Waals surface area contributed by atoms with Crippen LogP contribution in [0.25, 0.3) is 5.57 Å². The number of hydrogen-bond acceptors (Lipinski definition) is 4. The van der Waals surface area contributed by atoms with Crippen LogP contribution in [0.15, 0.2) is 66.4 Å². The van der Waals surface area contributed by atoms with Gasteiger partial charge in [0.05, 0.1) is 18.4 Å². The highest BCUT2D eigenvalue weighted by molar-refractivity contribution is 6.46. The molecule has 162 valence electrons. The molecule has 0 bridgehead atoms. The van der Waals surface area contributed by atoms with Gasteiger partial charge in [0.15, 0.2) is 0 Å². The van der Waals surface area contributed by atoms with Crippen molar-refractivity contribution in [2.75, 3.05) is 17.3 Å². The van der Waals surface area contributed by atoms with Crippen LogP contribution in [0.3, 0.4) is 0 Å². The van der Waals surface area contributed by atoms with Gasteiger partial charge >= 0.3 is 0 Å². The largest absolute Gasteiger partial charge is 0.497 e. The van der Waals surface area contributed by atoms with E-state index in [1.54, 1.807) is 31.4 Å². The van der Waals surface area contributed by atoms with E-state index in [4.69, 9.17) is 4.74 Å². The van der Waals surface area contributed by atoms with Gasteiger partial charge in [0.25, 0.3) is 11.8 Å². The zero-order valence-electron chi connectivity index (χ0n) is 18.9. The molecular weight excluding hydrogens is 400 g/mol. The van der Waals surface area contributed by atoms with Crippen molar-refractivity contribution >= 4 is 28.8 Å². The summed E-state index contributed by atoms with van der Waals surface area (Å²) in [6.45, 7) is 7.93. The van der Waals surface area contributed by atoms with Gasteiger partial charge < -0.3 is 10.1 Å². The lowest BCUT2D eigenvalue weighted by molar-refractivity contribution is -0.120. The van der Waals surface area contributed by atoms with Crippen LogP contribution in [-0.4, -0.2) is 18.9 Å². The zero-order chi connectivity index (χ0) is 23.0. The molecule has 4 rings (SSSR count). The summed E-state index contributed by atoms with van der Waals surface area (Å²) in [5.41, 5.74) is 6.81. The molecule has 0 saturated heterocycles. The maximum atomic E-state index is 13.6. The number of benzene rings is 3. The van der Waals surface area contributed by atoms with Crippen LogP contribution in [0.5, 0.6) is 5.75 Å². The molecule has 5 heteroatoms. The van der Waals surface area contributed by atoms with Crippen molar-refractivity contribution in [2.45, 2.75) is 27.7 Å². The Labute approximate surface area is 188 Å². The maximum absolute atomic E-state index is 13.6. The standard InChI is InChI=1S/C27H26N2O3/c1-16-7-13-22(19(4)14-16)24-25(28-23-15-17(2)6-8-18(23)3)27(31)29(26(24)30)20-9-11-21(32-5)12-10-20/h6-15,28H,1-5H3. The molecule has 0 radical (unpaired) electrons. The van der Waals surface area contributed by atoms with E-state index in [0.717, 1.165) is 33.5 Å². The fourth-order valence-corrected chi connectivity index (χ4v) is 3.96. The molecule has 0 aliphatic carbocycles. The summed E-state index contributed by atoms with van der Waals surface area (Å²) in [7, 11) is 1.58. The topological polar surface area (TPSA) is 58.6 Å². The fraction of sp³-hybridized carbons (Fsp3) is 0.185. The predicted octanol–water partition coefficient (Wildman–Crippen LogP) is 5.33. The van der Waals surface area contributed by atoms with Gasteiger partial charge in [0.1, 0.15) is 11.4 Å². The summed E-state index contributed by atoms with van der Waals surface area (Å²) in [5.74, 6) is -0.0693. The number of aryl methyl sites for hydroxylation is 4. The molecule has 5 nitrogen and oxygen atoms in total. The Morgan fingerprint density at radius 3 is 2.06 bits per heavy atom. The van der Waals surface area contributed by atoms with E-state index in [2.05, 4.69) is 5.32 Å². The number of hydrogen-bond donors (Lipinski definition) is 1. The van der Waals surface area contributed by atoms with Crippen LogP contribution < -0.4 is 15.0 Å². The third kappa shape index (κ3) is 3.78. The highest BCUT2D eigenvalue weighted by Gasteiger charge is 2.40. The molecule has 3 aromatic rings. The molecule has 0 unspecified atom stereocenters. The van der Waals surface area contributed by atoms with E-state index in [0.29, 0.717) is 17.0 Å². The van der Waals surface area contributed by atoms with Crippen LogP contribution in [0.4, 0.5) is 11.4 Å². The van der Waals surface area contributed by atoms with Gasteiger partial charge in [-0.25, -0.2) is 4.90 Å². The Bertz CT molecular complexity index is 1260. The van der Waals surface area contributed by atoms with E-state index >= 15 is 0 Å². The third-order valence-corrected chi connectivity index (χ3v) is 5.72. The molecule has 1 aliphatic heterocycles. The van der Waals surface area contributed by atoms with Crippen LogP contribution in [-0.2, 0) is 9.59 Å². The Hall–Kier alpha value is -3.86. The highest BCUT2D eigenvalue weighted by atomic mass is 16.5. The summed E-state index contributed by atoms with van der Waals surface area (Å²) in [4.78, 5) is 28.4. The maximum Gasteiger partial charge on any atom is 0.282 e. The number of anilines is 2. The first-order chi connectivity index (χ1) is 15.3. The van der Waals surface area contributed by atoms with Gasteiger partial charge in [-0.2, -0.15) is 0 Å². The molecule has 1 aliphatic rings. The molecule has 32 heavy (non-hydrogen) atoms. The first-order valence-corrected chi connectivity index (χ1v) is 10.5. The molecule has 0 saturated carbocycles. The predicted molar refractivity (Wildman–Crippen MR) is 128 cm³/mol. The number of nitrogens with zero attached hydrogens (tertiary/aromatic N) is 1. The fourth-order valence-electron chi connectivity index (χ4n) is 3.96. The monoisotopic (exact) mass is 426 g/mol. The van der Waals surface area contributed by atoms with Crippen molar-refractivity contribution in [3.63, 3.8) is 0 Å². The molecule has 1 N–H and O–H groups in total. The molecule has 0 atom stereocenters. The zero-order valence-corrected chi connectivity index (χ0v) is 18.9. The smallest absolute Gasteiger partial charge is 0.282 e. The van der Waals surface area contributed by atoms with Crippen LogP contribution in [0.2, 0.25) is 0 Å². The van der Waals surface area contributed by atoms with Gasteiger partial charge in [-0.1, -0.05) is 35.9 Å². The number of ether oxygens (including phenoxy) is 1. The van der Waals surface area contributed by atoms with Crippen molar-refractivity contribution < 1.29 is 14.3 Å². The average Bonchev–Trinajstić information content (AvgIpc) is 3.00. The number of methoxy groups -OCH3 is 1. The second kappa shape index (κ2) is 8.35. The Balaban J connectivity index is 1.86. The first-order valence-electron chi connectivity index (χ1n) is 10.5. The number of imide groups is 1. The van der Waals surface area contributed by atoms with E-state index in [1.165, 1.54) is 4.90 Å². The summed E-state index contributed by atoms with van der Waals surface area (Å²) < 4.78 is 5.22. The van der Waals surface area contributed by atoms with E-state index < -0.39 is 0 Å². The Morgan fingerprint density at radius 2 is 1.41 bits per heavy atom. The minimum absolute atomic E-state index is 0.284. The quantitative estimate of drug-likeness (QED) is 0.561. The van der Waals surface area contributed by atoms with Crippen LogP contribution in [0, 0.1) is 27.7 Å². The molecule has 0 aromatic heterocycles. The minimum Gasteiger partial charge on any atom is -0.497 e. The second-order valence-electron chi connectivity index (χ2n) is 8.16. The lowest BCUT2D eigenvalue weighted by Crippen LogP contribution is -2.32. The average molecular weight is 427 g/mol. The van der Waals surface area contributed by atoms with E-state index in [9.17, 15) is 9.59 Å². The third-order valence-electron chi connectivity index (χ3n) is 5.72. The lowest BCUT2D eigenvalue weighted by Gasteiger charge is -2.16. The van der Waals surface area contributed by atoms with Gasteiger partial charge in [0, 0.05) is 5.69 Å². The Kier molecular flexibility index (Phi) is 5.57. The molecule has 2 amide bonds. The summed E-state index contributed by atoms with van der Waals surface area (Å²) in [6, 6.07) is 18.8. The van der Waals surface area contributed by atoms with Gasteiger partial charge in [-0.05, 0) is 80.3 Å². The van der Waals surface area contributed by atoms with Crippen LogP contribution >= 0.6 is 0 Å². The normalized spacial score (nSPS) is 13.7. The van der Waals surface area contributed by atoms with Gasteiger partial charge in [-0.15, -0.1) is 0 Å². The SMILES string of the molecule is COc1ccc(N2C(=O)C(Nc3cc(C)ccc3C)=C(c3ccc(C)cc3C)C2=O)cc1. The van der Waals surface area contributed by atoms with Gasteiger partial charge in [0.2, 0.25) is 0 Å². The minimum atomic E-state index is -0.379. The summed E-state index contributed by atoms with van der Waals surface area (Å²) in [6.07, 6.45) is 0. The van der Waals surface area contributed by atoms with Crippen molar-refractivity contribution in [1.29, 1.82) is 0 Å². The lowest BCUT2D eigenvalue weighted by atomic mass is 9.97.